The number of fused-ring (bicyclic) bond motifs is 1. The Morgan fingerprint density at radius 3 is 2.67 bits per heavy atom. The van der Waals surface area contributed by atoms with Crippen molar-refractivity contribution in [2.75, 3.05) is 19.7 Å². The molecule has 2 unspecified atom stereocenters. The van der Waals surface area contributed by atoms with Crippen molar-refractivity contribution in [1.29, 1.82) is 0 Å². The summed E-state index contributed by atoms with van der Waals surface area (Å²) in [5.74, 6) is 1.35. The van der Waals surface area contributed by atoms with Crippen molar-refractivity contribution in [1.82, 2.24) is 19.2 Å². The van der Waals surface area contributed by atoms with Crippen LogP contribution in [0.1, 0.15) is 76.9 Å². The third kappa shape index (κ3) is 5.10. The van der Waals surface area contributed by atoms with Gasteiger partial charge in [0.05, 0.1) is 6.20 Å². The molecule has 192 valence electrons. The number of benzene rings is 1. The van der Waals surface area contributed by atoms with Gasteiger partial charge in [0, 0.05) is 61.0 Å². The van der Waals surface area contributed by atoms with Gasteiger partial charge < -0.3 is 14.2 Å². The Hall–Kier alpha value is -2.60. The Labute approximate surface area is 214 Å². The van der Waals surface area contributed by atoms with Crippen LogP contribution < -0.4 is 0 Å². The van der Waals surface area contributed by atoms with Gasteiger partial charge in [-0.25, -0.2) is 4.68 Å². The third-order valence-electron chi connectivity index (χ3n) is 8.73. The molecule has 3 aromatic rings. The lowest BCUT2D eigenvalue weighted by molar-refractivity contribution is -0.136. The number of amides is 1. The van der Waals surface area contributed by atoms with Gasteiger partial charge in [0.2, 0.25) is 5.91 Å². The zero-order valence-electron chi connectivity index (χ0n) is 21.5. The lowest BCUT2D eigenvalue weighted by atomic mass is 9.88. The number of carbonyl (C=O) groups is 1. The molecule has 0 spiro atoms. The van der Waals surface area contributed by atoms with E-state index in [0.717, 1.165) is 70.3 Å². The molecular weight excluding hydrogens is 448 g/mol. The topological polar surface area (TPSA) is 52.3 Å². The summed E-state index contributed by atoms with van der Waals surface area (Å²) in [5.41, 5.74) is 3.64. The fraction of sp³-hybridized carbons (Fsp3) is 0.600. The van der Waals surface area contributed by atoms with Crippen LogP contribution in [0.4, 0.5) is 0 Å². The quantitative estimate of drug-likeness (QED) is 0.417. The van der Waals surface area contributed by atoms with Crippen LogP contribution >= 0.6 is 0 Å². The van der Waals surface area contributed by atoms with Crippen LogP contribution in [-0.2, 0) is 16.1 Å². The van der Waals surface area contributed by atoms with Crippen molar-refractivity contribution in [2.45, 2.75) is 83.4 Å². The number of nitrogens with zero attached hydrogens (tertiary/aromatic N) is 4. The maximum Gasteiger partial charge on any atom is 0.225 e. The number of hydrogen-bond donors (Lipinski definition) is 0. The second-order valence-corrected chi connectivity index (χ2v) is 11.2. The molecule has 0 radical (unpaired) electrons. The SMILES string of the molecule is O=C(C1CCCCC1)N1CCCC(Cn2ccc3cc(-c4cnn(C5CCCCO5)c4)ccc32)CC1. The van der Waals surface area contributed by atoms with Gasteiger partial charge in [-0.3, -0.25) is 4.79 Å². The van der Waals surface area contributed by atoms with E-state index >= 15 is 0 Å². The van der Waals surface area contributed by atoms with Crippen LogP contribution in [0.3, 0.4) is 0 Å². The minimum absolute atomic E-state index is 0.0748. The lowest BCUT2D eigenvalue weighted by Gasteiger charge is -2.28. The van der Waals surface area contributed by atoms with Crippen LogP contribution in [0.2, 0.25) is 0 Å². The lowest BCUT2D eigenvalue weighted by Crippen LogP contribution is -2.37. The molecule has 1 amide bonds. The summed E-state index contributed by atoms with van der Waals surface area (Å²) in [4.78, 5) is 15.2. The van der Waals surface area contributed by atoms with Crippen LogP contribution in [0.15, 0.2) is 42.9 Å². The summed E-state index contributed by atoms with van der Waals surface area (Å²) in [6.45, 7) is 3.74. The highest BCUT2D eigenvalue weighted by Crippen LogP contribution is 2.30. The van der Waals surface area contributed by atoms with Crippen molar-refractivity contribution < 1.29 is 9.53 Å². The van der Waals surface area contributed by atoms with E-state index in [1.165, 1.54) is 48.6 Å². The fourth-order valence-electron chi connectivity index (χ4n) is 6.57. The summed E-state index contributed by atoms with van der Waals surface area (Å²) in [5, 5.41) is 5.87. The van der Waals surface area contributed by atoms with E-state index in [4.69, 9.17) is 4.74 Å². The smallest absolute Gasteiger partial charge is 0.225 e. The first-order valence-electron chi connectivity index (χ1n) is 14.3. The molecule has 6 rings (SSSR count). The molecule has 1 aromatic carbocycles. The Morgan fingerprint density at radius 2 is 1.81 bits per heavy atom. The van der Waals surface area contributed by atoms with Crippen LogP contribution in [0.25, 0.3) is 22.0 Å². The monoisotopic (exact) mass is 488 g/mol. The predicted molar refractivity (Wildman–Crippen MR) is 142 cm³/mol. The maximum absolute atomic E-state index is 13.1. The molecule has 2 aliphatic heterocycles. The predicted octanol–water partition coefficient (Wildman–Crippen LogP) is 6.41. The molecule has 0 bridgehead atoms. The number of likely N-dealkylation sites (tertiary alicyclic amines) is 1. The van der Waals surface area contributed by atoms with Crippen molar-refractivity contribution in [3.63, 3.8) is 0 Å². The third-order valence-corrected chi connectivity index (χ3v) is 8.73. The van der Waals surface area contributed by atoms with E-state index < -0.39 is 0 Å². The minimum Gasteiger partial charge on any atom is -0.357 e. The van der Waals surface area contributed by atoms with Crippen LogP contribution in [0.5, 0.6) is 0 Å². The molecule has 36 heavy (non-hydrogen) atoms. The highest BCUT2D eigenvalue weighted by atomic mass is 16.5. The van der Waals surface area contributed by atoms with Crippen molar-refractivity contribution in [3.05, 3.63) is 42.9 Å². The molecule has 1 saturated carbocycles. The molecular formula is C30H40N4O2. The van der Waals surface area contributed by atoms with Crippen LogP contribution in [0, 0.1) is 11.8 Å². The fourth-order valence-corrected chi connectivity index (χ4v) is 6.57. The molecule has 0 N–H and O–H groups in total. The number of aromatic nitrogens is 3. The number of carbonyl (C=O) groups excluding carboxylic acids is 1. The summed E-state index contributed by atoms with van der Waals surface area (Å²) in [6, 6.07) is 9.00. The van der Waals surface area contributed by atoms with E-state index in [-0.39, 0.29) is 6.23 Å². The van der Waals surface area contributed by atoms with Gasteiger partial charge in [-0.2, -0.15) is 5.10 Å². The molecule has 2 aromatic heterocycles. The Kier molecular flexibility index (Phi) is 7.13. The van der Waals surface area contributed by atoms with Gasteiger partial charge in [0.15, 0.2) is 0 Å². The summed E-state index contributed by atoms with van der Waals surface area (Å²) < 4.78 is 10.3. The molecule has 4 heterocycles. The first-order valence-corrected chi connectivity index (χ1v) is 14.3. The van der Waals surface area contributed by atoms with Gasteiger partial charge in [-0.1, -0.05) is 25.3 Å². The molecule has 3 fully saturated rings. The molecule has 2 atom stereocenters. The number of hydrogen-bond acceptors (Lipinski definition) is 3. The Morgan fingerprint density at radius 1 is 0.917 bits per heavy atom. The summed E-state index contributed by atoms with van der Waals surface area (Å²) in [7, 11) is 0. The number of rotatable bonds is 5. The maximum atomic E-state index is 13.1. The molecule has 6 nitrogen and oxygen atoms in total. The highest BCUT2D eigenvalue weighted by molar-refractivity contribution is 5.85. The number of ether oxygens (including phenoxy) is 1. The second-order valence-electron chi connectivity index (χ2n) is 11.2. The van der Waals surface area contributed by atoms with Crippen molar-refractivity contribution >= 4 is 16.8 Å². The zero-order chi connectivity index (χ0) is 24.3. The van der Waals surface area contributed by atoms with Gasteiger partial charge in [-0.05, 0) is 81.0 Å². The average molecular weight is 489 g/mol. The molecule has 2 saturated heterocycles. The van der Waals surface area contributed by atoms with E-state index in [9.17, 15) is 4.79 Å². The van der Waals surface area contributed by atoms with E-state index in [1.807, 2.05) is 10.9 Å². The van der Waals surface area contributed by atoms with E-state index in [1.54, 1.807) is 0 Å². The minimum atomic E-state index is 0.0748. The largest absolute Gasteiger partial charge is 0.357 e. The average Bonchev–Trinajstić information content (AvgIpc) is 3.51. The molecule has 3 aliphatic rings. The first kappa shape index (κ1) is 23.8. The van der Waals surface area contributed by atoms with Crippen LogP contribution in [-0.4, -0.2) is 44.9 Å². The first-order chi connectivity index (χ1) is 17.7. The van der Waals surface area contributed by atoms with Crippen molar-refractivity contribution in [2.24, 2.45) is 11.8 Å². The zero-order valence-corrected chi connectivity index (χ0v) is 21.5. The highest BCUT2D eigenvalue weighted by Gasteiger charge is 2.28. The van der Waals surface area contributed by atoms with E-state index in [2.05, 4.69) is 51.2 Å². The standard InChI is InChI=1S/C30H40N4O2/c35-30(24-8-2-1-3-9-24)32-15-6-7-23(13-16-32)21-33-17-14-26-19-25(11-12-28(26)33)27-20-31-34(22-27)29-10-4-5-18-36-29/h11-12,14,17,19-20,22-24,29H,1-10,13,15-16,18,21H2. The van der Waals surface area contributed by atoms with Gasteiger partial charge in [0.25, 0.3) is 0 Å². The van der Waals surface area contributed by atoms with Gasteiger partial charge >= 0.3 is 0 Å². The summed E-state index contributed by atoms with van der Waals surface area (Å²) >= 11 is 0. The van der Waals surface area contributed by atoms with Gasteiger partial charge in [0.1, 0.15) is 6.23 Å². The molecule has 6 heteroatoms. The van der Waals surface area contributed by atoms with Gasteiger partial charge in [-0.15, -0.1) is 0 Å². The normalized spacial score (nSPS) is 24.2. The Bertz CT molecular complexity index is 1170. The van der Waals surface area contributed by atoms with E-state index in [0.29, 0.717) is 17.7 Å². The molecule has 1 aliphatic carbocycles. The van der Waals surface area contributed by atoms with Crippen molar-refractivity contribution in [3.8, 4) is 11.1 Å². The Balaban J connectivity index is 1.10. The second kappa shape index (κ2) is 10.8. The summed E-state index contributed by atoms with van der Waals surface area (Å²) in [6.07, 6.45) is 19.2.